The van der Waals surface area contributed by atoms with Gasteiger partial charge in [-0.1, -0.05) is 51.3 Å². The Hall–Kier alpha value is -2.62. The number of aromatic carboxylic acids is 1. The summed E-state index contributed by atoms with van der Waals surface area (Å²) < 4.78 is 4.50. The first-order valence-electron chi connectivity index (χ1n) is 5.57. The third kappa shape index (κ3) is 7.52. The average Bonchev–Trinajstić information content (AvgIpc) is 2.49. The molecule has 0 atom stereocenters. The Morgan fingerprint density at radius 1 is 0.810 bits per heavy atom. The van der Waals surface area contributed by atoms with Crippen LogP contribution in [-0.2, 0) is 4.74 Å². The highest BCUT2D eigenvalue weighted by Gasteiger charge is 2.00. The number of hydrogen-bond donors (Lipinski definition) is 1. The molecule has 0 aliphatic carbocycles. The fraction of sp³-hybridized carbons (Fsp3) is 0.176. The zero-order valence-corrected chi connectivity index (χ0v) is 10.4. The number of carboxylic acid groups (broad SMARTS) is 1. The number of hydrogen-bond acceptors (Lipinski definition) is 3. The molecule has 4 nitrogen and oxygen atoms in total. The molecule has 1 N–H and O–H groups in total. The van der Waals surface area contributed by atoms with Crippen LogP contribution < -0.4 is 0 Å². The standard InChI is InChI=1S/C8H8O2.C7H6O2.2CH4/c1-10-8(9)7-5-3-2-4-6-7;8-7(9)6-4-2-1-3-5-6;;/h2-6H,1H3;1-5H,(H,8,9);2*1H4. The Kier molecular flexibility index (Phi) is 11.1. The van der Waals surface area contributed by atoms with Crippen LogP contribution in [0, 0.1) is 0 Å². The van der Waals surface area contributed by atoms with Crippen molar-refractivity contribution in [2.24, 2.45) is 0 Å². The van der Waals surface area contributed by atoms with Crippen molar-refractivity contribution in [2.45, 2.75) is 14.9 Å². The molecule has 0 spiro atoms. The van der Waals surface area contributed by atoms with Crippen LogP contribution in [-0.4, -0.2) is 24.2 Å². The summed E-state index contributed by atoms with van der Waals surface area (Å²) in [6.45, 7) is 0. The third-order valence-corrected chi connectivity index (χ3v) is 2.22. The minimum atomic E-state index is -0.879. The molecule has 0 fully saturated rings. The maximum absolute atomic E-state index is 10.8. The van der Waals surface area contributed by atoms with E-state index in [1.54, 1.807) is 54.6 Å². The van der Waals surface area contributed by atoms with Gasteiger partial charge >= 0.3 is 11.9 Å². The number of benzene rings is 2. The van der Waals surface area contributed by atoms with Crippen molar-refractivity contribution in [3.05, 3.63) is 71.8 Å². The molecule has 2 aromatic rings. The Balaban J connectivity index is 0. The number of carboxylic acids is 1. The van der Waals surface area contributed by atoms with Crippen LogP contribution >= 0.6 is 0 Å². The largest absolute Gasteiger partial charge is 0.478 e. The highest BCUT2D eigenvalue weighted by molar-refractivity contribution is 5.89. The molecule has 4 heteroatoms. The number of carbonyl (C=O) groups is 2. The van der Waals surface area contributed by atoms with Gasteiger partial charge < -0.3 is 9.84 Å². The number of esters is 1. The van der Waals surface area contributed by atoms with Crippen molar-refractivity contribution in [2.75, 3.05) is 7.11 Å². The van der Waals surface area contributed by atoms with Crippen LogP contribution in [0.4, 0.5) is 0 Å². The summed E-state index contributed by atoms with van der Waals surface area (Å²) in [5.74, 6) is -1.17. The molecule has 0 saturated carbocycles. The second-order valence-electron chi connectivity index (χ2n) is 3.53. The molecule has 0 amide bonds. The molecular formula is C17H22O4. The molecule has 114 valence electrons. The zero-order chi connectivity index (χ0) is 14.1. The SMILES string of the molecule is C.C.COC(=O)c1ccccc1.O=C(O)c1ccccc1. The van der Waals surface area contributed by atoms with Crippen molar-refractivity contribution >= 4 is 11.9 Å². The second-order valence-corrected chi connectivity index (χ2v) is 3.53. The molecular weight excluding hydrogens is 268 g/mol. The van der Waals surface area contributed by atoms with Crippen LogP contribution in [0.15, 0.2) is 60.7 Å². The molecule has 0 aliphatic rings. The molecule has 2 aromatic carbocycles. The van der Waals surface area contributed by atoms with E-state index in [4.69, 9.17) is 5.11 Å². The van der Waals surface area contributed by atoms with E-state index in [-0.39, 0.29) is 20.8 Å². The Bertz CT molecular complexity index is 521. The fourth-order valence-corrected chi connectivity index (χ4v) is 1.27. The smallest absolute Gasteiger partial charge is 0.337 e. The molecule has 0 aromatic heterocycles. The number of methoxy groups -OCH3 is 1. The molecule has 0 bridgehead atoms. The van der Waals surface area contributed by atoms with E-state index in [9.17, 15) is 9.59 Å². The molecule has 21 heavy (non-hydrogen) atoms. The number of carbonyl (C=O) groups excluding carboxylic acids is 1. The van der Waals surface area contributed by atoms with Crippen molar-refractivity contribution < 1.29 is 19.4 Å². The third-order valence-electron chi connectivity index (χ3n) is 2.22. The van der Waals surface area contributed by atoms with E-state index in [1.807, 2.05) is 6.07 Å². The number of ether oxygens (including phenoxy) is 1. The van der Waals surface area contributed by atoms with Crippen molar-refractivity contribution in [3.63, 3.8) is 0 Å². The molecule has 0 unspecified atom stereocenters. The van der Waals surface area contributed by atoms with E-state index in [0.29, 0.717) is 11.1 Å². The summed E-state index contributed by atoms with van der Waals surface area (Å²) in [5.41, 5.74) is 0.919. The van der Waals surface area contributed by atoms with Crippen LogP contribution in [0.1, 0.15) is 35.6 Å². The van der Waals surface area contributed by atoms with Crippen LogP contribution in [0.25, 0.3) is 0 Å². The predicted octanol–water partition coefficient (Wildman–Crippen LogP) is 4.13. The molecule has 0 aliphatic heterocycles. The van der Waals surface area contributed by atoms with Gasteiger partial charge in [0.05, 0.1) is 18.2 Å². The summed E-state index contributed by atoms with van der Waals surface area (Å²) in [6.07, 6.45) is 0. The summed E-state index contributed by atoms with van der Waals surface area (Å²) in [4.78, 5) is 21.0. The van der Waals surface area contributed by atoms with Crippen molar-refractivity contribution in [1.29, 1.82) is 0 Å². The Morgan fingerprint density at radius 3 is 1.48 bits per heavy atom. The lowest BCUT2D eigenvalue weighted by Crippen LogP contribution is -1.99. The Morgan fingerprint density at radius 2 is 1.19 bits per heavy atom. The lowest BCUT2D eigenvalue weighted by atomic mass is 10.2. The minimum Gasteiger partial charge on any atom is -0.478 e. The van der Waals surface area contributed by atoms with E-state index in [2.05, 4.69) is 4.74 Å². The summed E-state index contributed by atoms with van der Waals surface area (Å²) in [5, 5.41) is 8.38. The Labute approximate surface area is 126 Å². The molecule has 0 saturated heterocycles. The maximum atomic E-state index is 10.8. The van der Waals surface area contributed by atoms with Crippen LogP contribution in [0.2, 0.25) is 0 Å². The molecule has 0 heterocycles. The van der Waals surface area contributed by atoms with Gasteiger partial charge in [0.1, 0.15) is 0 Å². The first-order chi connectivity index (χ1) is 9.15. The van der Waals surface area contributed by atoms with Gasteiger partial charge in [0, 0.05) is 0 Å². The average molecular weight is 290 g/mol. The topological polar surface area (TPSA) is 63.6 Å². The first kappa shape index (κ1) is 20.7. The predicted molar refractivity (Wildman–Crippen MR) is 84.6 cm³/mol. The van der Waals surface area contributed by atoms with Gasteiger partial charge in [-0.05, 0) is 24.3 Å². The molecule has 0 radical (unpaired) electrons. The lowest BCUT2D eigenvalue weighted by Gasteiger charge is -1.95. The quantitative estimate of drug-likeness (QED) is 0.845. The van der Waals surface area contributed by atoms with Crippen LogP contribution in [0.5, 0.6) is 0 Å². The van der Waals surface area contributed by atoms with E-state index in [1.165, 1.54) is 7.11 Å². The summed E-state index contributed by atoms with van der Waals surface area (Å²) >= 11 is 0. The lowest BCUT2D eigenvalue weighted by molar-refractivity contribution is 0.0599. The van der Waals surface area contributed by atoms with Gasteiger partial charge in [-0.3, -0.25) is 0 Å². The number of rotatable bonds is 2. The van der Waals surface area contributed by atoms with Gasteiger partial charge in [-0.25, -0.2) is 9.59 Å². The van der Waals surface area contributed by atoms with Crippen molar-refractivity contribution in [1.82, 2.24) is 0 Å². The van der Waals surface area contributed by atoms with E-state index < -0.39 is 5.97 Å². The highest BCUT2D eigenvalue weighted by atomic mass is 16.5. The fourth-order valence-electron chi connectivity index (χ4n) is 1.27. The van der Waals surface area contributed by atoms with E-state index >= 15 is 0 Å². The van der Waals surface area contributed by atoms with Gasteiger partial charge in [-0.15, -0.1) is 0 Å². The van der Waals surface area contributed by atoms with Gasteiger partial charge in [0.25, 0.3) is 0 Å². The van der Waals surface area contributed by atoms with Gasteiger partial charge in [-0.2, -0.15) is 0 Å². The van der Waals surface area contributed by atoms with E-state index in [0.717, 1.165) is 0 Å². The minimum absolute atomic E-state index is 0. The normalized spacial score (nSPS) is 8.05. The maximum Gasteiger partial charge on any atom is 0.337 e. The summed E-state index contributed by atoms with van der Waals surface area (Å²) in [7, 11) is 1.37. The van der Waals surface area contributed by atoms with Crippen molar-refractivity contribution in [3.8, 4) is 0 Å². The summed E-state index contributed by atoms with van der Waals surface area (Å²) in [6, 6.07) is 17.2. The highest BCUT2D eigenvalue weighted by Crippen LogP contribution is 1.99. The zero-order valence-electron chi connectivity index (χ0n) is 10.4. The first-order valence-corrected chi connectivity index (χ1v) is 5.57. The second kappa shape index (κ2) is 11.2. The van der Waals surface area contributed by atoms with Gasteiger partial charge in [0.15, 0.2) is 0 Å². The van der Waals surface area contributed by atoms with Gasteiger partial charge in [0.2, 0.25) is 0 Å². The molecule has 2 rings (SSSR count). The van der Waals surface area contributed by atoms with Crippen LogP contribution in [0.3, 0.4) is 0 Å². The monoisotopic (exact) mass is 290 g/mol.